The zero-order chi connectivity index (χ0) is 18.2. The van der Waals surface area contributed by atoms with E-state index in [1.165, 1.54) is 12.8 Å². The summed E-state index contributed by atoms with van der Waals surface area (Å²) in [4.78, 5) is 15.8. The molecule has 1 fully saturated rings. The highest BCUT2D eigenvalue weighted by atomic mass is 19.1. The molecule has 9 heteroatoms. The molecule has 1 aliphatic rings. The standard InChI is InChI=1S/C18H17FN8/c19-12-9-22-18(21-8-11-3-4-13-14(23-11)5-6-20-13)25-17(12)24-16-7-15(26-27-16)10-1-2-10/h3-7,9-10,20H,1-2,8H2,(H3,21,22,24,25,26,27). The van der Waals surface area contributed by atoms with Crippen LogP contribution in [0.1, 0.15) is 30.1 Å². The van der Waals surface area contributed by atoms with Gasteiger partial charge >= 0.3 is 0 Å². The molecule has 4 aromatic rings. The third-order valence-electron chi connectivity index (χ3n) is 4.50. The Morgan fingerprint density at radius 3 is 3.00 bits per heavy atom. The lowest BCUT2D eigenvalue weighted by Crippen LogP contribution is -2.07. The number of rotatable bonds is 6. The fourth-order valence-corrected chi connectivity index (χ4v) is 2.91. The van der Waals surface area contributed by atoms with Crippen molar-refractivity contribution >= 4 is 28.6 Å². The predicted octanol–water partition coefficient (Wildman–Crippen LogP) is 3.45. The third-order valence-corrected chi connectivity index (χ3v) is 4.50. The van der Waals surface area contributed by atoms with Crippen molar-refractivity contribution in [1.82, 2.24) is 30.1 Å². The summed E-state index contributed by atoms with van der Waals surface area (Å²) in [5.41, 5.74) is 3.77. The number of nitrogens with one attached hydrogen (secondary N) is 4. The fraction of sp³-hybridized carbons (Fsp3) is 0.222. The topological polar surface area (TPSA) is 107 Å². The molecule has 0 amide bonds. The van der Waals surface area contributed by atoms with E-state index in [4.69, 9.17) is 0 Å². The van der Waals surface area contributed by atoms with Crippen LogP contribution in [0.15, 0.2) is 36.7 Å². The second-order valence-electron chi connectivity index (χ2n) is 6.56. The lowest BCUT2D eigenvalue weighted by molar-refractivity contribution is 0.619. The van der Waals surface area contributed by atoms with Gasteiger partial charge in [-0.05, 0) is 31.0 Å². The van der Waals surface area contributed by atoms with Gasteiger partial charge in [-0.3, -0.25) is 5.10 Å². The first-order valence-corrected chi connectivity index (χ1v) is 8.76. The minimum Gasteiger partial charge on any atom is -0.360 e. The summed E-state index contributed by atoms with van der Waals surface area (Å²) in [7, 11) is 0. The van der Waals surface area contributed by atoms with Crippen LogP contribution in [0.5, 0.6) is 0 Å². The van der Waals surface area contributed by atoms with Crippen LogP contribution in [0.3, 0.4) is 0 Å². The Hall–Kier alpha value is -3.49. The van der Waals surface area contributed by atoms with E-state index in [1.807, 2.05) is 30.5 Å². The molecule has 0 saturated heterocycles. The second kappa shape index (κ2) is 6.35. The van der Waals surface area contributed by atoms with E-state index in [2.05, 4.69) is 40.8 Å². The summed E-state index contributed by atoms with van der Waals surface area (Å²) >= 11 is 0. The fourth-order valence-electron chi connectivity index (χ4n) is 2.91. The zero-order valence-electron chi connectivity index (χ0n) is 14.3. The third kappa shape index (κ3) is 3.31. The van der Waals surface area contributed by atoms with Crippen molar-refractivity contribution in [2.75, 3.05) is 10.6 Å². The summed E-state index contributed by atoms with van der Waals surface area (Å²) in [6.45, 7) is 0.431. The monoisotopic (exact) mass is 364 g/mol. The first-order chi connectivity index (χ1) is 13.2. The van der Waals surface area contributed by atoms with Crippen molar-refractivity contribution in [3.63, 3.8) is 0 Å². The minimum atomic E-state index is -0.539. The number of H-pyrrole nitrogens is 2. The van der Waals surface area contributed by atoms with Gasteiger partial charge < -0.3 is 15.6 Å². The van der Waals surface area contributed by atoms with Crippen molar-refractivity contribution in [3.05, 3.63) is 53.9 Å². The van der Waals surface area contributed by atoms with Gasteiger partial charge in [0.2, 0.25) is 5.95 Å². The Kier molecular flexibility index (Phi) is 3.70. The van der Waals surface area contributed by atoms with E-state index in [9.17, 15) is 4.39 Å². The first-order valence-electron chi connectivity index (χ1n) is 8.76. The van der Waals surface area contributed by atoms with Crippen molar-refractivity contribution in [2.24, 2.45) is 0 Å². The van der Waals surface area contributed by atoms with Gasteiger partial charge in [0.05, 0.1) is 29.5 Å². The quantitative estimate of drug-likeness (QED) is 0.417. The van der Waals surface area contributed by atoms with Gasteiger partial charge in [-0.2, -0.15) is 10.1 Å². The Bertz CT molecular complexity index is 1100. The number of aromatic nitrogens is 6. The molecule has 0 aliphatic heterocycles. The average molecular weight is 364 g/mol. The van der Waals surface area contributed by atoms with E-state index in [0.717, 1.165) is 28.6 Å². The Morgan fingerprint density at radius 2 is 2.11 bits per heavy atom. The number of aromatic amines is 2. The summed E-state index contributed by atoms with van der Waals surface area (Å²) in [5.74, 6) is 0.942. The molecule has 136 valence electrons. The van der Waals surface area contributed by atoms with Crippen molar-refractivity contribution in [2.45, 2.75) is 25.3 Å². The maximum atomic E-state index is 14.1. The Balaban J connectivity index is 1.30. The van der Waals surface area contributed by atoms with E-state index >= 15 is 0 Å². The molecular formula is C18H17FN8. The molecule has 4 N–H and O–H groups in total. The molecule has 0 atom stereocenters. The predicted molar refractivity (Wildman–Crippen MR) is 99.3 cm³/mol. The Morgan fingerprint density at radius 1 is 1.19 bits per heavy atom. The summed E-state index contributed by atoms with van der Waals surface area (Å²) in [5, 5.41) is 13.1. The van der Waals surface area contributed by atoms with E-state index in [0.29, 0.717) is 24.2 Å². The summed E-state index contributed by atoms with van der Waals surface area (Å²) in [6.07, 6.45) is 5.31. The number of anilines is 3. The number of hydrogen-bond acceptors (Lipinski definition) is 6. The van der Waals surface area contributed by atoms with E-state index in [1.54, 1.807) is 0 Å². The molecule has 0 spiro atoms. The number of nitrogens with zero attached hydrogens (tertiary/aromatic N) is 4. The van der Waals surface area contributed by atoms with Crippen LogP contribution in [0, 0.1) is 5.82 Å². The van der Waals surface area contributed by atoms with Crippen LogP contribution in [-0.4, -0.2) is 30.1 Å². The zero-order valence-corrected chi connectivity index (χ0v) is 14.3. The van der Waals surface area contributed by atoms with Crippen molar-refractivity contribution in [3.8, 4) is 0 Å². The molecule has 5 rings (SSSR count). The SMILES string of the molecule is Fc1cnc(NCc2ccc3[nH]ccc3n2)nc1Nc1cc(C2CC2)[nH]n1. The number of pyridine rings is 1. The largest absolute Gasteiger partial charge is 0.360 e. The van der Waals surface area contributed by atoms with Crippen molar-refractivity contribution in [1.29, 1.82) is 0 Å². The molecule has 1 aliphatic carbocycles. The highest BCUT2D eigenvalue weighted by Crippen LogP contribution is 2.39. The number of fused-ring (bicyclic) bond motifs is 1. The van der Waals surface area contributed by atoms with Gasteiger partial charge in [-0.1, -0.05) is 0 Å². The van der Waals surface area contributed by atoms with Gasteiger partial charge in [0, 0.05) is 23.9 Å². The molecular weight excluding hydrogens is 347 g/mol. The van der Waals surface area contributed by atoms with Crippen molar-refractivity contribution < 1.29 is 4.39 Å². The average Bonchev–Trinajstić information content (AvgIpc) is 3.24. The highest BCUT2D eigenvalue weighted by Gasteiger charge is 2.25. The molecule has 4 heterocycles. The molecule has 0 aromatic carbocycles. The van der Waals surface area contributed by atoms with Crippen LogP contribution in [0.4, 0.5) is 22.0 Å². The van der Waals surface area contributed by atoms with Gasteiger partial charge in [0.15, 0.2) is 17.5 Å². The van der Waals surface area contributed by atoms with E-state index in [-0.39, 0.29) is 5.82 Å². The van der Waals surface area contributed by atoms with E-state index < -0.39 is 5.82 Å². The smallest absolute Gasteiger partial charge is 0.225 e. The molecule has 8 nitrogen and oxygen atoms in total. The van der Waals surface area contributed by atoms with Gasteiger partial charge in [0.1, 0.15) is 0 Å². The second-order valence-corrected chi connectivity index (χ2v) is 6.56. The van der Waals surface area contributed by atoms with Crippen LogP contribution >= 0.6 is 0 Å². The molecule has 4 aromatic heterocycles. The molecule has 0 radical (unpaired) electrons. The Labute approximate surface area is 153 Å². The first kappa shape index (κ1) is 15.7. The lowest BCUT2D eigenvalue weighted by atomic mass is 10.3. The van der Waals surface area contributed by atoms with Gasteiger partial charge in [-0.25, -0.2) is 14.4 Å². The molecule has 0 unspecified atom stereocenters. The summed E-state index contributed by atoms with van der Waals surface area (Å²) < 4.78 is 14.1. The van der Waals surface area contributed by atoms with Gasteiger partial charge in [0.25, 0.3) is 0 Å². The number of hydrogen-bond donors (Lipinski definition) is 4. The highest BCUT2D eigenvalue weighted by molar-refractivity contribution is 5.74. The molecule has 27 heavy (non-hydrogen) atoms. The van der Waals surface area contributed by atoms with Crippen LogP contribution in [0.25, 0.3) is 11.0 Å². The lowest BCUT2D eigenvalue weighted by Gasteiger charge is -2.08. The normalized spacial score (nSPS) is 13.8. The maximum absolute atomic E-state index is 14.1. The maximum Gasteiger partial charge on any atom is 0.225 e. The minimum absolute atomic E-state index is 0.0791. The van der Waals surface area contributed by atoms with Crippen LogP contribution in [-0.2, 0) is 6.54 Å². The van der Waals surface area contributed by atoms with Gasteiger partial charge in [-0.15, -0.1) is 0 Å². The van der Waals surface area contributed by atoms with Crippen LogP contribution in [0.2, 0.25) is 0 Å². The van der Waals surface area contributed by atoms with Crippen LogP contribution < -0.4 is 10.6 Å². The number of halogens is 1. The molecule has 0 bridgehead atoms. The molecule has 1 saturated carbocycles. The summed E-state index contributed by atoms with van der Waals surface area (Å²) in [6, 6.07) is 7.68.